The Morgan fingerprint density at radius 2 is 1.81 bits per heavy atom. The molecule has 1 amide bonds. The van der Waals surface area contributed by atoms with Gasteiger partial charge in [0.25, 0.3) is 0 Å². The summed E-state index contributed by atoms with van der Waals surface area (Å²) in [7, 11) is 5.35. The molecule has 10 heteroatoms. The van der Waals surface area contributed by atoms with E-state index in [1.165, 1.54) is 17.0 Å². The van der Waals surface area contributed by atoms with Crippen LogP contribution in [-0.2, 0) is 24.0 Å². The first-order chi connectivity index (χ1) is 16.8. The minimum absolute atomic E-state index is 0.0116. The number of carbonyl (C=O) groups is 1. The average Bonchev–Trinajstić information content (AvgIpc) is 2.77. The van der Waals surface area contributed by atoms with E-state index in [1.807, 2.05) is 19.0 Å². The fourth-order valence-corrected chi connectivity index (χ4v) is 4.12. The van der Waals surface area contributed by atoms with Gasteiger partial charge in [0, 0.05) is 44.1 Å². The number of rotatable bonds is 7. The van der Waals surface area contributed by atoms with Gasteiger partial charge in [0.2, 0.25) is 0 Å². The standard InChI is InChI=1S/C26H32FN3O5S/c1-26(2,3)36(33)28-21-10-8-9-16(23(21)27)13-19-20(15-29(4)5)18-12-11-17(34-25(32)30(6)7)14-22(18)35-24(19)31/h8-12,14,28H,13,15H2,1-7H3. The maximum Gasteiger partial charge on any atom is 0.414 e. The second kappa shape index (κ2) is 10.8. The van der Waals surface area contributed by atoms with Crippen LogP contribution in [0.1, 0.15) is 37.5 Å². The third kappa shape index (κ3) is 6.30. The zero-order chi connectivity index (χ0) is 26.8. The van der Waals surface area contributed by atoms with Crippen molar-refractivity contribution in [2.75, 3.05) is 32.9 Å². The van der Waals surface area contributed by atoms with Gasteiger partial charge in [-0.2, -0.15) is 0 Å². The van der Waals surface area contributed by atoms with Crippen molar-refractivity contribution in [2.24, 2.45) is 0 Å². The van der Waals surface area contributed by atoms with Crippen LogP contribution < -0.4 is 15.1 Å². The lowest BCUT2D eigenvalue weighted by molar-refractivity contribution is 0.172. The van der Waals surface area contributed by atoms with E-state index < -0.39 is 33.3 Å². The molecule has 1 unspecified atom stereocenters. The van der Waals surface area contributed by atoms with Crippen LogP contribution in [0.3, 0.4) is 0 Å². The number of hydrogen-bond donors (Lipinski definition) is 1. The fraction of sp³-hybridized carbons (Fsp3) is 0.385. The summed E-state index contributed by atoms with van der Waals surface area (Å²) in [4.78, 5) is 28.2. The lowest BCUT2D eigenvalue weighted by Crippen LogP contribution is -2.27. The minimum atomic E-state index is -1.51. The number of nitrogens with zero attached hydrogens (tertiary/aromatic N) is 2. The second-order valence-corrected chi connectivity index (χ2v) is 11.9. The normalized spacial score (nSPS) is 12.6. The first-order valence-electron chi connectivity index (χ1n) is 11.4. The topological polar surface area (TPSA) is 92.1 Å². The molecule has 0 saturated carbocycles. The summed E-state index contributed by atoms with van der Waals surface area (Å²) in [6, 6.07) is 9.60. The molecule has 2 aromatic carbocycles. The molecule has 0 spiro atoms. The van der Waals surface area contributed by atoms with Gasteiger partial charge in [-0.15, -0.1) is 0 Å². The molecular formula is C26H32FN3O5S. The van der Waals surface area contributed by atoms with Gasteiger partial charge in [-0.25, -0.2) is 18.2 Å². The Balaban J connectivity index is 2.06. The van der Waals surface area contributed by atoms with Crippen LogP contribution in [0.4, 0.5) is 14.9 Å². The number of hydrogen-bond acceptors (Lipinski definition) is 6. The Hall–Kier alpha value is -3.24. The molecule has 36 heavy (non-hydrogen) atoms. The SMILES string of the molecule is CN(C)Cc1c(Cc2cccc(NS(=O)C(C)(C)C)c2F)c(=O)oc2cc(OC(=O)N(C)C)ccc12. The summed E-state index contributed by atoms with van der Waals surface area (Å²) < 4.78 is 40.9. The highest BCUT2D eigenvalue weighted by Crippen LogP contribution is 2.29. The predicted molar refractivity (Wildman–Crippen MR) is 140 cm³/mol. The maximum absolute atomic E-state index is 15.4. The van der Waals surface area contributed by atoms with E-state index in [0.717, 1.165) is 0 Å². The fourth-order valence-electron chi connectivity index (χ4n) is 3.45. The monoisotopic (exact) mass is 517 g/mol. The van der Waals surface area contributed by atoms with Crippen LogP contribution >= 0.6 is 0 Å². The lowest BCUT2D eigenvalue weighted by Gasteiger charge is -2.20. The van der Waals surface area contributed by atoms with E-state index in [4.69, 9.17) is 9.15 Å². The second-order valence-electron chi connectivity index (χ2n) is 9.94. The summed E-state index contributed by atoms with van der Waals surface area (Å²) in [5.41, 5.74) is 1.05. The Morgan fingerprint density at radius 3 is 2.42 bits per heavy atom. The molecule has 194 valence electrons. The number of ether oxygens (including phenoxy) is 1. The van der Waals surface area contributed by atoms with Gasteiger partial charge >= 0.3 is 11.7 Å². The molecule has 0 fully saturated rings. The molecule has 0 radical (unpaired) electrons. The Bertz CT molecular complexity index is 1360. The van der Waals surface area contributed by atoms with E-state index in [1.54, 1.807) is 59.1 Å². The Labute approximate surface area is 212 Å². The summed E-state index contributed by atoms with van der Waals surface area (Å²) >= 11 is 0. The maximum atomic E-state index is 15.4. The zero-order valence-corrected chi connectivity index (χ0v) is 22.4. The van der Waals surface area contributed by atoms with Gasteiger partial charge in [0.15, 0.2) is 5.82 Å². The number of anilines is 1. The molecule has 0 bridgehead atoms. The summed E-state index contributed by atoms with van der Waals surface area (Å²) in [6.07, 6.45) is -0.569. The average molecular weight is 518 g/mol. The van der Waals surface area contributed by atoms with E-state index in [0.29, 0.717) is 23.1 Å². The van der Waals surface area contributed by atoms with Gasteiger partial charge in [-0.05, 0) is 64.2 Å². The van der Waals surface area contributed by atoms with Crippen LogP contribution in [-0.4, -0.2) is 53.0 Å². The molecule has 1 atom stereocenters. The molecule has 3 aromatic rings. The molecule has 0 aliphatic rings. The Morgan fingerprint density at radius 1 is 1.11 bits per heavy atom. The molecule has 1 heterocycles. The lowest BCUT2D eigenvalue weighted by atomic mass is 9.97. The minimum Gasteiger partial charge on any atom is -0.422 e. The van der Waals surface area contributed by atoms with E-state index in [9.17, 15) is 13.8 Å². The Kier molecular flexibility index (Phi) is 8.20. The quantitative estimate of drug-likeness (QED) is 0.464. The third-order valence-electron chi connectivity index (χ3n) is 5.34. The van der Waals surface area contributed by atoms with Crippen molar-refractivity contribution < 1.29 is 22.5 Å². The van der Waals surface area contributed by atoms with Gasteiger partial charge in [-0.1, -0.05) is 12.1 Å². The van der Waals surface area contributed by atoms with Crippen molar-refractivity contribution in [1.82, 2.24) is 9.80 Å². The molecule has 1 aromatic heterocycles. The number of fused-ring (bicyclic) bond motifs is 1. The van der Waals surface area contributed by atoms with Gasteiger partial charge in [-0.3, -0.25) is 0 Å². The van der Waals surface area contributed by atoms with Crippen molar-refractivity contribution >= 4 is 33.7 Å². The van der Waals surface area contributed by atoms with Crippen LogP contribution in [0.15, 0.2) is 45.6 Å². The highest BCUT2D eigenvalue weighted by molar-refractivity contribution is 7.87. The highest BCUT2D eigenvalue weighted by Gasteiger charge is 2.23. The molecule has 8 nitrogen and oxygen atoms in total. The predicted octanol–water partition coefficient (Wildman–Crippen LogP) is 4.52. The van der Waals surface area contributed by atoms with E-state index >= 15 is 4.39 Å². The largest absolute Gasteiger partial charge is 0.422 e. The van der Waals surface area contributed by atoms with Crippen LogP contribution in [0.2, 0.25) is 0 Å². The molecule has 0 aliphatic heterocycles. The molecule has 1 N–H and O–H groups in total. The molecule has 0 saturated heterocycles. The first-order valence-corrected chi connectivity index (χ1v) is 12.5. The first kappa shape index (κ1) is 27.3. The van der Waals surface area contributed by atoms with Crippen molar-refractivity contribution in [2.45, 2.75) is 38.5 Å². The number of halogens is 1. The van der Waals surface area contributed by atoms with Crippen molar-refractivity contribution in [3.05, 3.63) is 69.3 Å². The van der Waals surface area contributed by atoms with Gasteiger partial charge in [0.1, 0.15) is 22.3 Å². The molecule has 3 rings (SSSR count). The third-order valence-corrected chi connectivity index (χ3v) is 6.86. The van der Waals surface area contributed by atoms with Gasteiger partial charge in [0.05, 0.1) is 10.4 Å². The summed E-state index contributed by atoms with van der Waals surface area (Å²) in [5.74, 6) is -0.332. The van der Waals surface area contributed by atoms with Gasteiger partial charge < -0.3 is 23.7 Å². The van der Waals surface area contributed by atoms with E-state index in [2.05, 4.69) is 4.72 Å². The van der Waals surface area contributed by atoms with Crippen molar-refractivity contribution in [3.63, 3.8) is 0 Å². The van der Waals surface area contributed by atoms with Crippen LogP contribution in [0.25, 0.3) is 11.0 Å². The van der Waals surface area contributed by atoms with Crippen molar-refractivity contribution in [3.8, 4) is 5.75 Å². The van der Waals surface area contributed by atoms with E-state index in [-0.39, 0.29) is 29.0 Å². The number of carbonyl (C=O) groups excluding carboxylic acids is 1. The zero-order valence-electron chi connectivity index (χ0n) is 21.6. The molecule has 0 aliphatic carbocycles. The van der Waals surface area contributed by atoms with Crippen molar-refractivity contribution in [1.29, 1.82) is 0 Å². The number of nitrogens with one attached hydrogen (secondary N) is 1. The smallest absolute Gasteiger partial charge is 0.414 e. The summed E-state index contributed by atoms with van der Waals surface area (Å²) in [5, 5.41) is 0.659. The number of amides is 1. The molecular weight excluding hydrogens is 485 g/mol. The number of benzene rings is 2. The van der Waals surface area contributed by atoms with Crippen LogP contribution in [0, 0.1) is 5.82 Å². The highest BCUT2D eigenvalue weighted by atomic mass is 32.2. The van der Waals surface area contributed by atoms with Crippen LogP contribution in [0.5, 0.6) is 5.75 Å². The summed E-state index contributed by atoms with van der Waals surface area (Å²) in [6.45, 7) is 5.78.